The molecule has 0 radical (unpaired) electrons. The molecule has 0 saturated carbocycles. The number of hydrogen-bond acceptors (Lipinski definition) is 5. The number of anilines is 1. The first-order valence-electron chi connectivity index (χ1n) is 8.72. The molecule has 27 heavy (non-hydrogen) atoms. The summed E-state index contributed by atoms with van der Waals surface area (Å²) in [5, 5.41) is 10.2. The largest absolute Gasteiger partial charge is 0.342 e. The molecule has 8 heteroatoms. The van der Waals surface area contributed by atoms with E-state index in [1.807, 2.05) is 11.0 Å². The smallest absolute Gasteiger partial charge is 0.263 e. The number of benzene rings is 1. The van der Waals surface area contributed by atoms with Crippen LogP contribution in [0.1, 0.15) is 25.5 Å². The number of nitrogens with two attached hydrogens (primary N) is 1. The second kappa shape index (κ2) is 7.51. The van der Waals surface area contributed by atoms with E-state index in [-0.39, 0.29) is 27.3 Å². The predicted octanol–water partition coefficient (Wildman–Crippen LogP) is 3.19. The minimum Gasteiger partial charge on any atom is -0.342 e. The van der Waals surface area contributed by atoms with Crippen LogP contribution in [0.5, 0.6) is 0 Å². The van der Waals surface area contributed by atoms with Gasteiger partial charge < -0.3 is 10.6 Å². The van der Waals surface area contributed by atoms with Crippen LogP contribution in [0.2, 0.25) is 10.0 Å². The Bertz CT molecular complexity index is 971. The quantitative estimate of drug-likeness (QED) is 0.846. The summed E-state index contributed by atoms with van der Waals surface area (Å²) in [6.07, 6.45) is 1.81. The van der Waals surface area contributed by atoms with E-state index in [1.165, 1.54) is 4.57 Å². The van der Waals surface area contributed by atoms with Gasteiger partial charge in [0.1, 0.15) is 6.07 Å². The van der Waals surface area contributed by atoms with E-state index in [1.54, 1.807) is 25.2 Å². The highest BCUT2D eigenvalue weighted by Crippen LogP contribution is 2.34. The SMILES string of the molecule is Cn1c(N2CCC(C)(CN)CC2)nc(C#N)c(-c2cccc(Cl)c2Cl)c1=O. The number of hydrogen-bond donors (Lipinski definition) is 1. The number of nitriles is 1. The van der Waals surface area contributed by atoms with E-state index < -0.39 is 0 Å². The number of rotatable bonds is 3. The molecule has 1 aromatic heterocycles. The Kier molecular flexibility index (Phi) is 5.48. The van der Waals surface area contributed by atoms with Crippen LogP contribution >= 0.6 is 23.2 Å². The van der Waals surface area contributed by atoms with Crippen molar-refractivity contribution in [3.8, 4) is 17.2 Å². The molecule has 1 fully saturated rings. The molecule has 2 N–H and O–H groups in total. The third-order valence-electron chi connectivity index (χ3n) is 5.34. The molecule has 0 aliphatic carbocycles. The molecule has 1 aliphatic heterocycles. The van der Waals surface area contributed by atoms with E-state index in [0.717, 1.165) is 25.9 Å². The summed E-state index contributed by atoms with van der Waals surface area (Å²) in [4.78, 5) is 19.6. The van der Waals surface area contributed by atoms with Crippen molar-refractivity contribution in [2.75, 3.05) is 24.5 Å². The minimum absolute atomic E-state index is 0.0458. The molecule has 1 saturated heterocycles. The highest BCUT2D eigenvalue weighted by atomic mass is 35.5. The molecule has 0 atom stereocenters. The second-order valence-corrected chi connectivity index (χ2v) is 8.00. The number of nitrogens with zero attached hydrogens (tertiary/aromatic N) is 4. The van der Waals surface area contributed by atoms with E-state index >= 15 is 0 Å². The van der Waals surface area contributed by atoms with Gasteiger partial charge in [0.25, 0.3) is 5.56 Å². The van der Waals surface area contributed by atoms with Gasteiger partial charge in [-0.3, -0.25) is 9.36 Å². The zero-order valence-corrected chi connectivity index (χ0v) is 16.8. The lowest BCUT2D eigenvalue weighted by Gasteiger charge is -2.39. The van der Waals surface area contributed by atoms with Crippen molar-refractivity contribution in [1.82, 2.24) is 9.55 Å². The molecule has 1 aromatic carbocycles. The Labute approximate surface area is 168 Å². The normalized spacial score (nSPS) is 16.2. The monoisotopic (exact) mass is 405 g/mol. The van der Waals surface area contributed by atoms with Crippen molar-refractivity contribution in [3.05, 3.63) is 44.3 Å². The van der Waals surface area contributed by atoms with Crippen LogP contribution in [0.3, 0.4) is 0 Å². The van der Waals surface area contributed by atoms with Gasteiger partial charge in [0.15, 0.2) is 5.69 Å². The van der Waals surface area contributed by atoms with Gasteiger partial charge in [-0.2, -0.15) is 5.26 Å². The fourth-order valence-corrected chi connectivity index (χ4v) is 3.74. The molecule has 2 aromatic rings. The topological polar surface area (TPSA) is 87.9 Å². The maximum absolute atomic E-state index is 13.1. The van der Waals surface area contributed by atoms with E-state index in [2.05, 4.69) is 11.9 Å². The Morgan fingerprint density at radius 1 is 1.33 bits per heavy atom. The summed E-state index contributed by atoms with van der Waals surface area (Å²) in [6, 6.07) is 7.03. The second-order valence-electron chi connectivity index (χ2n) is 7.21. The van der Waals surface area contributed by atoms with Crippen LogP contribution in [-0.4, -0.2) is 29.2 Å². The summed E-state index contributed by atoms with van der Waals surface area (Å²) in [6.45, 7) is 4.26. The number of piperidine rings is 1. The van der Waals surface area contributed by atoms with Gasteiger partial charge in [-0.05, 0) is 30.9 Å². The van der Waals surface area contributed by atoms with E-state index in [4.69, 9.17) is 28.9 Å². The van der Waals surface area contributed by atoms with Crippen molar-refractivity contribution < 1.29 is 0 Å². The van der Waals surface area contributed by atoms with Crippen molar-refractivity contribution >= 4 is 29.2 Å². The Balaban J connectivity index is 2.09. The standard InChI is InChI=1S/C19H21Cl2N5O/c1-19(11-23)6-8-26(9-7-19)18-24-14(10-22)15(17(27)25(18)2)12-4-3-5-13(20)16(12)21/h3-5H,6-9,11,23H2,1-2H3. The Morgan fingerprint density at radius 2 is 2.00 bits per heavy atom. The van der Waals surface area contributed by atoms with Gasteiger partial charge in [-0.1, -0.05) is 42.3 Å². The van der Waals surface area contributed by atoms with Crippen LogP contribution in [-0.2, 0) is 7.05 Å². The molecule has 0 spiro atoms. The highest BCUT2D eigenvalue weighted by molar-refractivity contribution is 6.43. The number of halogens is 2. The maximum Gasteiger partial charge on any atom is 0.263 e. The zero-order chi connectivity index (χ0) is 19.8. The van der Waals surface area contributed by atoms with Gasteiger partial charge in [0.2, 0.25) is 5.95 Å². The average molecular weight is 406 g/mol. The van der Waals surface area contributed by atoms with Gasteiger partial charge in [0, 0.05) is 25.7 Å². The molecular weight excluding hydrogens is 385 g/mol. The molecule has 0 unspecified atom stereocenters. The lowest BCUT2D eigenvalue weighted by molar-refractivity contribution is 0.256. The van der Waals surface area contributed by atoms with Gasteiger partial charge >= 0.3 is 0 Å². The lowest BCUT2D eigenvalue weighted by Crippen LogP contribution is -2.44. The van der Waals surface area contributed by atoms with Gasteiger partial charge in [0.05, 0.1) is 15.6 Å². The summed E-state index contributed by atoms with van der Waals surface area (Å²) < 4.78 is 1.47. The Morgan fingerprint density at radius 3 is 2.59 bits per heavy atom. The summed E-state index contributed by atoms with van der Waals surface area (Å²) in [7, 11) is 1.66. The minimum atomic E-state index is -0.326. The average Bonchev–Trinajstić information content (AvgIpc) is 2.67. The van der Waals surface area contributed by atoms with Gasteiger partial charge in [-0.15, -0.1) is 0 Å². The van der Waals surface area contributed by atoms with Crippen molar-refractivity contribution in [2.45, 2.75) is 19.8 Å². The predicted molar refractivity (Wildman–Crippen MR) is 108 cm³/mol. The fraction of sp³-hybridized carbons (Fsp3) is 0.421. The van der Waals surface area contributed by atoms with Gasteiger partial charge in [-0.25, -0.2) is 4.98 Å². The zero-order valence-electron chi connectivity index (χ0n) is 15.3. The fourth-order valence-electron chi connectivity index (χ4n) is 3.34. The van der Waals surface area contributed by atoms with Crippen LogP contribution in [0.25, 0.3) is 11.1 Å². The highest BCUT2D eigenvalue weighted by Gasteiger charge is 2.31. The molecule has 3 rings (SSSR count). The van der Waals surface area contributed by atoms with E-state index in [9.17, 15) is 10.1 Å². The summed E-state index contributed by atoms with van der Waals surface area (Å²) in [5.41, 5.74) is 6.27. The van der Waals surface area contributed by atoms with Crippen molar-refractivity contribution in [2.24, 2.45) is 18.2 Å². The molecule has 1 aliphatic rings. The van der Waals surface area contributed by atoms with Crippen molar-refractivity contribution in [3.63, 3.8) is 0 Å². The first-order valence-corrected chi connectivity index (χ1v) is 9.47. The first-order chi connectivity index (χ1) is 12.8. The van der Waals surface area contributed by atoms with Crippen LogP contribution < -0.4 is 16.2 Å². The van der Waals surface area contributed by atoms with Crippen LogP contribution in [0.4, 0.5) is 5.95 Å². The van der Waals surface area contributed by atoms with Crippen LogP contribution in [0.15, 0.2) is 23.0 Å². The van der Waals surface area contributed by atoms with Crippen LogP contribution in [0, 0.1) is 16.7 Å². The Hall–Kier alpha value is -2.07. The molecule has 2 heterocycles. The molecular formula is C19H21Cl2N5O. The molecule has 0 bridgehead atoms. The molecule has 6 nitrogen and oxygen atoms in total. The summed E-state index contributed by atoms with van der Waals surface area (Å²) in [5.74, 6) is 0.484. The third kappa shape index (κ3) is 3.55. The maximum atomic E-state index is 13.1. The third-order valence-corrected chi connectivity index (χ3v) is 6.16. The first kappa shape index (κ1) is 19.7. The van der Waals surface area contributed by atoms with E-state index in [0.29, 0.717) is 23.1 Å². The summed E-state index contributed by atoms with van der Waals surface area (Å²) >= 11 is 12.4. The number of aromatic nitrogens is 2. The lowest BCUT2D eigenvalue weighted by atomic mass is 9.81. The molecule has 142 valence electrons. The molecule has 0 amide bonds. The van der Waals surface area contributed by atoms with Crippen molar-refractivity contribution in [1.29, 1.82) is 5.26 Å².